The number of methoxy groups -OCH3 is 1. The number of thiazole rings is 1. The molecule has 2 aromatic carbocycles. The first-order valence-electron chi connectivity index (χ1n) is 7.73. The van der Waals surface area contributed by atoms with Crippen LogP contribution in [0.1, 0.15) is 21.6 Å². The Balaban J connectivity index is 1.74. The maximum absolute atomic E-state index is 12.2. The van der Waals surface area contributed by atoms with Crippen molar-refractivity contribution in [2.75, 3.05) is 7.11 Å². The molecule has 1 aromatic heterocycles. The van der Waals surface area contributed by atoms with Gasteiger partial charge in [-0.3, -0.25) is 0 Å². The summed E-state index contributed by atoms with van der Waals surface area (Å²) in [6, 6.07) is 10.6. The smallest absolute Gasteiger partial charge is 0.342 e. The summed E-state index contributed by atoms with van der Waals surface area (Å²) in [5.74, 6) is 0.0758. The number of phenols is 1. The number of carbonyl (C=O) groups excluding carboxylic acids is 1. The number of rotatable bonds is 5. The van der Waals surface area contributed by atoms with Crippen molar-refractivity contribution in [1.82, 2.24) is 4.98 Å². The van der Waals surface area contributed by atoms with Crippen molar-refractivity contribution in [3.8, 4) is 22.1 Å². The van der Waals surface area contributed by atoms with Crippen LogP contribution in [0, 0.1) is 6.92 Å². The summed E-state index contributed by atoms with van der Waals surface area (Å²) in [6.07, 6.45) is 0. The first kappa shape index (κ1) is 18.4. The number of benzene rings is 2. The number of carbonyl (C=O) groups is 1. The number of hydrogen-bond acceptors (Lipinski definition) is 6. The molecule has 0 aliphatic rings. The van der Waals surface area contributed by atoms with E-state index in [2.05, 4.69) is 20.9 Å². The van der Waals surface area contributed by atoms with E-state index < -0.39 is 5.97 Å². The SMILES string of the molecule is COc1ccc(Br)cc1-c1nc(COC(=O)c2cccc(C)c2O)cs1. The van der Waals surface area contributed by atoms with Gasteiger partial charge in [-0.15, -0.1) is 11.3 Å². The fourth-order valence-corrected chi connectivity index (χ4v) is 3.57. The van der Waals surface area contributed by atoms with Crippen LogP contribution in [0.5, 0.6) is 11.5 Å². The molecule has 0 spiro atoms. The van der Waals surface area contributed by atoms with Crippen molar-refractivity contribution in [2.24, 2.45) is 0 Å². The number of hydrogen-bond donors (Lipinski definition) is 1. The number of aryl methyl sites for hydroxylation is 1. The number of nitrogens with zero attached hydrogens (tertiary/aromatic N) is 1. The Kier molecular flexibility index (Phi) is 5.58. The molecule has 0 aliphatic carbocycles. The molecule has 7 heteroatoms. The highest BCUT2D eigenvalue weighted by Crippen LogP contribution is 2.34. The molecule has 5 nitrogen and oxygen atoms in total. The van der Waals surface area contributed by atoms with Crippen molar-refractivity contribution in [3.05, 3.63) is 63.1 Å². The van der Waals surface area contributed by atoms with Crippen LogP contribution in [0.2, 0.25) is 0 Å². The second-order valence-corrected chi connectivity index (χ2v) is 7.31. The average Bonchev–Trinajstić information content (AvgIpc) is 3.11. The summed E-state index contributed by atoms with van der Waals surface area (Å²) < 4.78 is 11.6. The van der Waals surface area contributed by atoms with Gasteiger partial charge in [0, 0.05) is 9.85 Å². The van der Waals surface area contributed by atoms with Gasteiger partial charge in [-0.1, -0.05) is 28.1 Å². The summed E-state index contributed by atoms with van der Waals surface area (Å²) in [5.41, 5.74) is 2.26. The van der Waals surface area contributed by atoms with E-state index >= 15 is 0 Å². The fourth-order valence-electron chi connectivity index (χ4n) is 2.39. The molecule has 0 saturated carbocycles. The van der Waals surface area contributed by atoms with E-state index in [9.17, 15) is 9.90 Å². The molecule has 0 saturated heterocycles. The molecular formula is C19H16BrNO4S. The molecule has 26 heavy (non-hydrogen) atoms. The summed E-state index contributed by atoms with van der Waals surface area (Å²) in [5, 5.41) is 12.6. The Morgan fingerprint density at radius 2 is 2.12 bits per heavy atom. The number of para-hydroxylation sites is 1. The van der Waals surface area contributed by atoms with Gasteiger partial charge in [-0.2, -0.15) is 0 Å². The molecule has 0 radical (unpaired) electrons. The Morgan fingerprint density at radius 3 is 2.88 bits per heavy atom. The predicted molar refractivity (Wildman–Crippen MR) is 104 cm³/mol. The van der Waals surface area contributed by atoms with Crippen LogP contribution in [-0.4, -0.2) is 23.2 Å². The minimum atomic E-state index is -0.583. The second kappa shape index (κ2) is 7.88. The van der Waals surface area contributed by atoms with Crippen molar-refractivity contribution >= 4 is 33.2 Å². The standard InChI is InChI=1S/C19H16BrNO4S/c1-11-4-3-5-14(17(11)22)19(23)25-9-13-10-26-18(21-13)15-8-12(20)6-7-16(15)24-2/h3-8,10,22H,9H2,1-2H3. The number of aromatic nitrogens is 1. The van der Waals surface area contributed by atoms with Crippen molar-refractivity contribution in [2.45, 2.75) is 13.5 Å². The first-order chi connectivity index (χ1) is 12.5. The lowest BCUT2D eigenvalue weighted by Crippen LogP contribution is -2.06. The normalized spacial score (nSPS) is 10.6. The van der Waals surface area contributed by atoms with Crippen molar-refractivity contribution in [3.63, 3.8) is 0 Å². The zero-order chi connectivity index (χ0) is 18.7. The van der Waals surface area contributed by atoms with Gasteiger partial charge in [0.2, 0.25) is 0 Å². The third kappa shape index (κ3) is 3.89. The van der Waals surface area contributed by atoms with E-state index in [0.29, 0.717) is 11.3 Å². The molecule has 0 atom stereocenters. The molecule has 3 rings (SSSR count). The molecule has 0 amide bonds. The quantitative estimate of drug-likeness (QED) is 0.576. The van der Waals surface area contributed by atoms with Gasteiger partial charge >= 0.3 is 5.97 Å². The van der Waals surface area contributed by atoms with Crippen molar-refractivity contribution < 1.29 is 19.4 Å². The van der Waals surface area contributed by atoms with Gasteiger partial charge in [0.05, 0.1) is 18.4 Å². The molecule has 0 bridgehead atoms. The Morgan fingerprint density at radius 1 is 1.31 bits per heavy atom. The third-order valence-electron chi connectivity index (χ3n) is 3.75. The highest BCUT2D eigenvalue weighted by atomic mass is 79.9. The summed E-state index contributed by atoms with van der Waals surface area (Å²) in [7, 11) is 1.61. The van der Waals surface area contributed by atoms with Crippen LogP contribution in [0.3, 0.4) is 0 Å². The molecule has 1 heterocycles. The van der Waals surface area contributed by atoms with Crippen LogP contribution in [0.15, 0.2) is 46.3 Å². The maximum atomic E-state index is 12.2. The van der Waals surface area contributed by atoms with Crippen molar-refractivity contribution in [1.29, 1.82) is 0 Å². The predicted octanol–water partition coefficient (Wildman–Crippen LogP) is 4.95. The minimum Gasteiger partial charge on any atom is -0.507 e. The lowest BCUT2D eigenvalue weighted by Gasteiger charge is -2.07. The van der Waals surface area contributed by atoms with E-state index in [-0.39, 0.29) is 17.9 Å². The van der Waals surface area contributed by atoms with E-state index in [1.807, 2.05) is 23.6 Å². The maximum Gasteiger partial charge on any atom is 0.342 e. The molecule has 134 valence electrons. The monoisotopic (exact) mass is 433 g/mol. The Hall–Kier alpha value is -2.38. The van der Waals surface area contributed by atoms with E-state index in [0.717, 1.165) is 20.8 Å². The Labute approximate surface area is 163 Å². The number of aromatic hydroxyl groups is 1. The highest BCUT2D eigenvalue weighted by Gasteiger charge is 2.16. The van der Waals surface area contributed by atoms with Gasteiger partial charge in [-0.05, 0) is 36.8 Å². The second-order valence-electron chi connectivity index (χ2n) is 5.54. The molecule has 0 fully saturated rings. The van der Waals surface area contributed by atoms with Gasteiger partial charge in [0.1, 0.15) is 28.7 Å². The number of ether oxygens (including phenoxy) is 2. The number of esters is 1. The van der Waals surface area contributed by atoms with Crippen LogP contribution in [-0.2, 0) is 11.3 Å². The highest BCUT2D eigenvalue weighted by molar-refractivity contribution is 9.10. The van der Waals surface area contributed by atoms with Crippen LogP contribution < -0.4 is 4.74 Å². The van der Waals surface area contributed by atoms with Gasteiger partial charge in [-0.25, -0.2) is 9.78 Å². The first-order valence-corrected chi connectivity index (χ1v) is 9.41. The average molecular weight is 434 g/mol. The lowest BCUT2D eigenvalue weighted by molar-refractivity contribution is 0.0465. The molecular weight excluding hydrogens is 418 g/mol. The van der Waals surface area contributed by atoms with E-state index in [4.69, 9.17) is 9.47 Å². The van der Waals surface area contributed by atoms with Gasteiger partial charge < -0.3 is 14.6 Å². The third-order valence-corrected chi connectivity index (χ3v) is 5.17. The van der Waals surface area contributed by atoms with Gasteiger partial charge in [0.25, 0.3) is 0 Å². The summed E-state index contributed by atoms with van der Waals surface area (Å²) >= 11 is 4.89. The van der Waals surface area contributed by atoms with Crippen LogP contribution >= 0.6 is 27.3 Å². The number of halogens is 1. The Bertz CT molecular complexity index is 954. The van der Waals surface area contributed by atoms with Crippen LogP contribution in [0.4, 0.5) is 0 Å². The zero-order valence-electron chi connectivity index (χ0n) is 14.2. The summed E-state index contributed by atoms with van der Waals surface area (Å²) in [6.45, 7) is 1.75. The molecule has 3 aromatic rings. The fraction of sp³-hybridized carbons (Fsp3) is 0.158. The zero-order valence-corrected chi connectivity index (χ0v) is 16.6. The van der Waals surface area contributed by atoms with Gasteiger partial charge in [0.15, 0.2) is 0 Å². The molecule has 1 N–H and O–H groups in total. The largest absolute Gasteiger partial charge is 0.507 e. The molecule has 0 aliphatic heterocycles. The van der Waals surface area contributed by atoms with E-state index in [1.165, 1.54) is 17.4 Å². The molecule has 0 unspecified atom stereocenters. The number of phenolic OH excluding ortho intramolecular Hbond substituents is 1. The van der Waals surface area contributed by atoms with E-state index in [1.54, 1.807) is 26.2 Å². The van der Waals surface area contributed by atoms with Crippen LogP contribution in [0.25, 0.3) is 10.6 Å². The summed E-state index contributed by atoms with van der Waals surface area (Å²) in [4.78, 5) is 16.7. The topological polar surface area (TPSA) is 68.7 Å². The lowest BCUT2D eigenvalue weighted by atomic mass is 10.1. The minimum absolute atomic E-state index is 0.0268.